The molecule has 0 unspecified atom stereocenters. The van der Waals surface area contributed by atoms with E-state index in [1.165, 1.54) is 0 Å². The average molecular weight is 417 g/mol. The van der Waals surface area contributed by atoms with Gasteiger partial charge >= 0.3 is 6.03 Å². The molecule has 1 aromatic carbocycles. The molecular weight excluding hydrogens is 394 g/mol. The van der Waals surface area contributed by atoms with Gasteiger partial charge in [-0.15, -0.1) is 0 Å². The molecule has 0 saturated carbocycles. The average Bonchev–Trinajstić information content (AvgIpc) is 3.27. The number of nitrogens with zero attached hydrogens (tertiary/aromatic N) is 7. The summed E-state index contributed by atoms with van der Waals surface area (Å²) in [6.07, 6.45) is 7.89. The van der Waals surface area contributed by atoms with E-state index in [-0.39, 0.29) is 6.03 Å². The Bertz CT molecular complexity index is 1380. The number of aryl methyl sites for hydroxylation is 3. The van der Waals surface area contributed by atoms with E-state index in [4.69, 9.17) is 4.74 Å². The highest BCUT2D eigenvalue weighted by Crippen LogP contribution is 2.34. The Morgan fingerprint density at radius 3 is 2.58 bits per heavy atom. The Labute approximate surface area is 179 Å². The lowest BCUT2D eigenvalue weighted by Crippen LogP contribution is -2.47. The van der Waals surface area contributed by atoms with Crippen molar-refractivity contribution in [3.8, 4) is 17.0 Å². The van der Waals surface area contributed by atoms with Crippen LogP contribution in [0.15, 0.2) is 47.7 Å². The van der Waals surface area contributed by atoms with Crippen LogP contribution in [0.3, 0.4) is 0 Å². The maximum absolute atomic E-state index is 13.4. The number of imidazole rings is 1. The molecule has 5 rings (SSSR count). The second-order valence-electron chi connectivity index (χ2n) is 7.82. The fourth-order valence-corrected chi connectivity index (χ4v) is 4.13. The second-order valence-corrected chi connectivity index (χ2v) is 7.82. The van der Waals surface area contributed by atoms with Crippen LogP contribution >= 0.6 is 0 Å². The van der Waals surface area contributed by atoms with Crippen LogP contribution in [-0.4, -0.2) is 44.4 Å². The Morgan fingerprint density at radius 2 is 1.94 bits per heavy atom. The summed E-state index contributed by atoms with van der Waals surface area (Å²) in [5.41, 5.74) is 4.89. The first-order valence-corrected chi connectivity index (χ1v) is 9.92. The lowest BCUT2D eigenvalue weighted by atomic mass is 10.0. The topological polar surface area (TPSA) is 80.8 Å². The van der Waals surface area contributed by atoms with Crippen LogP contribution < -0.4 is 20.2 Å². The summed E-state index contributed by atoms with van der Waals surface area (Å²) in [6, 6.07) is 3.79. The Kier molecular flexibility index (Phi) is 4.21. The molecule has 2 aromatic heterocycles. The van der Waals surface area contributed by atoms with Crippen molar-refractivity contribution in [1.82, 2.24) is 24.2 Å². The number of hydrogen-bond acceptors (Lipinski definition) is 5. The highest BCUT2D eigenvalue weighted by molar-refractivity contribution is 6.05. The van der Waals surface area contributed by atoms with E-state index in [0.29, 0.717) is 12.2 Å². The Hall–Kier alpha value is -3.88. The van der Waals surface area contributed by atoms with Crippen LogP contribution in [0.1, 0.15) is 12.1 Å². The number of aromatic nitrogens is 4. The summed E-state index contributed by atoms with van der Waals surface area (Å²) < 4.78 is 9.27. The predicted octanol–water partition coefficient (Wildman–Crippen LogP) is 1.68. The molecule has 31 heavy (non-hydrogen) atoms. The number of urea groups is 1. The van der Waals surface area contributed by atoms with Crippen molar-refractivity contribution in [1.29, 1.82) is 0 Å². The minimum Gasteiger partial charge on any atom is -0.496 e. The third kappa shape index (κ3) is 2.92. The molecule has 9 heteroatoms. The first-order chi connectivity index (χ1) is 14.9. The van der Waals surface area contributed by atoms with Crippen LogP contribution in [-0.2, 0) is 14.1 Å². The fraction of sp³-hybridized carbons (Fsp3) is 0.273. The van der Waals surface area contributed by atoms with E-state index in [9.17, 15) is 4.79 Å². The van der Waals surface area contributed by atoms with E-state index >= 15 is 0 Å². The van der Waals surface area contributed by atoms with E-state index in [1.54, 1.807) is 41.2 Å². The van der Waals surface area contributed by atoms with Gasteiger partial charge in [-0.25, -0.2) is 9.78 Å². The van der Waals surface area contributed by atoms with Crippen molar-refractivity contribution < 1.29 is 9.53 Å². The molecule has 2 amide bonds. The number of ether oxygens (including phenoxy) is 1. The van der Waals surface area contributed by atoms with E-state index in [0.717, 1.165) is 44.6 Å². The third-order valence-corrected chi connectivity index (χ3v) is 5.72. The quantitative estimate of drug-likeness (QED) is 0.650. The molecule has 0 N–H and O–H groups in total. The molecule has 3 aromatic rings. The summed E-state index contributed by atoms with van der Waals surface area (Å²) in [4.78, 5) is 26.0. The van der Waals surface area contributed by atoms with Gasteiger partial charge in [0, 0.05) is 74.4 Å². The molecule has 0 atom stereocenters. The number of carbonyl (C=O) groups excluding carboxylic acids is 1. The van der Waals surface area contributed by atoms with Crippen molar-refractivity contribution in [2.24, 2.45) is 19.1 Å². The number of anilines is 1. The molecule has 9 nitrogen and oxygen atoms in total. The number of methoxy groups -OCH3 is 1. The SMILES string of the molecule is COc1cc2c(cc1-c1cn(C)cn1)=C1CC(=CN=2)N(C)C(=O)N1c1cn(C)nc1C. The van der Waals surface area contributed by atoms with Gasteiger partial charge in [-0.2, -0.15) is 5.10 Å². The van der Waals surface area contributed by atoms with Crippen LogP contribution in [0.2, 0.25) is 0 Å². The van der Waals surface area contributed by atoms with Crippen molar-refractivity contribution in [3.05, 3.63) is 59.0 Å². The zero-order chi connectivity index (χ0) is 21.9. The second kappa shape index (κ2) is 6.83. The van der Waals surface area contributed by atoms with Crippen LogP contribution in [0.4, 0.5) is 10.5 Å². The van der Waals surface area contributed by atoms with Gasteiger partial charge in [0.05, 0.1) is 35.9 Å². The largest absolute Gasteiger partial charge is 0.496 e. The zero-order valence-electron chi connectivity index (χ0n) is 18.1. The molecule has 1 saturated heterocycles. The molecule has 4 heterocycles. The van der Waals surface area contributed by atoms with Gasteiger partial charge in [0.15, 0.2) is 0 Å². The first-order valence-electron chi connectivity index (χ1n) is 9.92. The maximum atomic E-state index is 13.4. The van der Waals surface area contributed by atoms with Crippen LogP contribution in [0.25, 0.3) is 17.0 Å². The minimum absolute atomic E-state index is 0.137. The van der Waals surface area contributed by atoms with E-state index in [1.807, 2.05) is 50.1 Å². The highest BCUT2D eigenvalue weighted by atomic mass is 16.5. The first kappa shape index (κ1) is 19.1. The van der Waals surface area contributed by atoms with Crippen molar-refractivity contribution in [3.63, 3.8) is 0 Å². The normalized spacial score (nSPS) is 15.5. The Balaban J connectivity index is 1.85. The van der Waals surface area contributed by atoms with Gasteiger partial charge in [-0.1, -0.05) is 0 Å². The number of amides is 2. The van der Waals surface area contributed by atoms with Crippen molar-refractivity contribution in [2.75, 3.05) is 19.1 Å². The summed E-state index contributed by atoms with van der Waals surface area (Å²) in [5, 5.41) is 6.07. The summed E-state index contributed by atoms with van der Waals surface area (Å²) in [7, 11) is 7.19. The summed E-state index contributed by atoms with van der Waals surface area (Å²) in [6.45, 7) is 1.91. The number of rotatable bonds is 3. The van der Waals surface area contributed by atoms with Crippen LogP contribution in [0.5, 0.6) is 5.75 Å². The molecule has 2 aliphatic rings. The standard InChI is InChI=1S/C22H23N7O2/c1-13-20(11-27(3)25-13)29-19-6-14(28(4)22(29)30)9-23-17-8-21(31-5)16(7-15(17)19)18-10-26(2)12-24-18/h7-12H,6H2,1-5H3. The van der Waals surface area contributed by atoms with Gasteiger partial charge in [0.25, 0.3) is 0 Å². The van der Waals surface area contributed by atoms with Gasteiger partial charge in [0.1, 0.15) is 5.75 Å². The molecule has 0 aliphatic carbocycles. The summed E-state index contributed by atoms with van der Waals surface area (Å²) >= 11 is 0. The molecular formula is C22H23N7O2. The van der Waals surface area contributed by atoms with Gasteiger partial charge < -0.3 is 9.30 Å². The van der Waals surface area contributed by atoms with E-state index < -0.39 is 0 Å². The molecule has 0 radical (unpaired) electrons. The smallest absolute Gasteiger partial charge is 0.333 e. The van der Waals surface area contributed by atoms with Crippen molar-refractivity contribution in [2.45, 2.75) is 13.3 Å². The third-order valence-electron chi connectivity index (χ3n) is 5.72. The monoisotopic (exact) mass is 417 g/mol. The lowest BCUT2D eigenvalue weighted by molar-refractivity contribution is 0.224. The number of benzene rings is 1. The highest BCUT2D eigenvalue weighted by Gasteiger charge is 2.35. The number of carbonyl (C=O) groups is 1. The predicted molar refractivity (Wildman–Crippen MR) is 116 cm³/mol. The summed E-state index contributed by atoms with van der Waals surface area (Å²) in [5.74, 6) is 0.681. The number of fused-ring (bicyclic) bond motifs is 3. The minimum atomic E-state index is -0.137. The zero-order valence-corrected chi connectivity index (χ0v) is 18.1. The van der Waals surface area contributed by atoms with Gasteiger partial charge in [-0.3, -0.25) is 19.5 Å². The fourth-order valence-electron chi connectivity index (χ4n) is 4.13. The lowest BCUT2D eigenvalue weighted by Gasteiger charge is -2.36. The molecule has 1 fully saturated rings. The molecule has 0 spiro atoms. The molecule has 2 aliphatic heterocycles. The molecule has 2 bridgehead atoms. The maximum Gasteiger partial charge on any atom is 0.333 e. The Morgan fingerprint density at radius 1 is 1.13 bits per heavy atom. The number of hydrogen-bond donors (Lipinski definition) is 0. The molecule has 158 valence electrons. The van der Waals surface area contributed by atoms with E-state index in [2.05, 4.69) is 15.1 Å². The van der Waals surface area contributed by atoms with Gasteiger partial charge in [0.2, 0.25) is 0 Å². The van der Waals surface area contributed by atoms with Gasteiger partial charge in [-0.05, 0) is 13.0 Å². The van der Waals surface area contributed by atoms with Crippen molar-refractivity contribution >= 4 is 17.4 Å². The van der Waals surface area contributed by atoms with Crippen LogP contribution in [0, 0.1) is 6.92 Å².